The van der Waals surface area contributed by atoms with Gasteiger partial charge in [-0.3, -0.25) is 0 Å². The number of hydrogen-bond donors (Lipinski definition) is 1. The highest BCUT2D eigenvalue weighted by atomic mass is 35.5. The van der Waals surface area contributed by atoms with Crippen LogP contribution < -0.4 is 5.32 Å². The van der Waals surface area contributed by atoms with Crippen LogP contribution in [0.15, 0.2) is 12.1 Å². The molecule has 2 rings (SSSR count). The highest BCUT2D eigenvalue weighted by molar-refractivity contribution is 6.31. The number of halogens is 1. The summed E-state index contributed by atoms with van der Waals surface area (Å²) in [6, 6.07) is 4.83. The first kappa shape index (κ1) is 11.0. The van der Waals surface area contributed by atoms with E-state index in [0.29, 0.717) is 6.04 Å². The second-order valence-electron chi connectivity index (χ2n) is 4.56. The smallest absolute Gasteiger partial charge is 0.0438 e. The molecule has 1 N–H and O–H groups in total. The molecule has 1 aromatic carbocycles. The van der Waals surface area contributed by atoms with Crippen molar-refractivity contribution >= 4 is 11.6 Å². The minimum atomic E-state index is 0.515. The Morgan fingerprint density at radius 2 is 1.93 bits per heavy atom. The predicted molar refractivity (Wildman–Crippen MR) is 65.5 cm³/mol. The third-order valence-electron chi connectivity index (χ3n) is 3.29. The van der Waals surface area contributed by atoms with Crippen LogP contribution in [0.4, 0.5) is 0 Å². The van der Waals surface area contributed by atoms with E-state index < -0.39 is 0 Å². The molecule has 1 aliphatic carbocycles. The second-order valence-corrected chi connectivity index (χ2v) is 4.97. The quantitative estimate of drug-likeness (QED) is 0.825. The normalized spacial score (nSPS) is 17.9. The van der Waals surface area contributed by atoms with Crippen LogP contribution in [-0.2, 0) is 0 Å². The van der Waals surface area contributed by atoms with E-state index in [9.17, 15) is 0 Å². The minimum Gasteiger partial charge on any atom is -0.313 e. The van der Waals surface area contributed by atoms with Gasteiger partial charge in [-0.2, -0.15) is 0 Å². The summed E-state index contributed by atoms with van der Waals surface area (Å²) in [6.45, 7) is 4.22. The molecule has 0 bridgehead atoms. The number of rotatable bonds is 3. The van der Waals surface area contributed by atoms with Gasteiger partial charge < -0.3 is 5.32 Å². The molecule has 1 aromatic rings. The van der Waals surface area contributed by atoms with Gasteiger partial charge >= 0.3 is 0 Å². The molecule has 15 heavy (non-hydrogen) atoms. The van der Waals surface area contributed by atoms with Gasteiger partial charge in [0.05, 0.1) is 0 Å². The molecular weight excluding hydrogens is 206 g/mol. The molecule has 1 saturated carbocycles. The largest absolute Gasteiger partial charge is 0.313 e. The monoisotopic (exact) mass is 223 g/mol. The lowest BCUT2D eigenvalue weighted by Crippen LogP contribution is -2.19. The molecule has 0 heterocycles. The maximum Gasteiger partial charge on any atom is 0.0438 e. The SMILES string of the molecule is CNC(c1cc(C)c(Cl)cc1C)C1CC1. The van der Waals surface area contributed by atoms with Crippen LogP contribution in [0.5, 0.6) is 0 Å². The Morgan fingerprint density at radius 3 is 2.47 bits per heavy atom. The molecule has 0 spiro atoms. The average molecular weight is 224 g/mol. The van der Waals surface area contributed by atoms with Crippen molar-refractivity contribution in [2.75, 3.05) is 7.05 Å². The lowest BCUT2D eigenvalue weighted by Gasteiger charge is -2.19. The molecule has 0 saturated heterocycles. The first-order valence-corrected chi connectivity index (χ1v) is 5.95. The molecule has 1 fully saturated rings. The summed E-state index contributed by atoms with van der Waals surface area (Å²) < 4.78 is 0. The molecular formula is C13H18ClN. The fourth-order valence-corrected chi connectivity index (χ4v) is 2.43. The van der Waals surface area contributed by atoms with Crippen LogP contribution in [0.25, 0.3) is 0 Å². The van der Waals surface area contributed by atoms with Gasteiger partial charge in [-0.15, -0.1) is 0 Å². The van der Waals surface area contributed by atoms with E-state index >= 15 is 0 Å². The molecule has 1 nitrogen and oxygen atoms in total. The molecule has 0 amide bonds. The molecule has 1 unspecified atom stereocenters. The number of benzene rings is 1. The van der Waals surface area contributed by atoms with Gasteiger partial charge in [-0.1, -0.05) is 17.7 Å². The fourth-order valence-electron chi connectivity index (χ4n) is 2.21. The Morgan fingerprint density at radius 1 is 1.27 bits per heavy atom. The number of aryl methyl sites for hydroxylation is 2. The van der Waals surface area contributed by atoms with Crippen molar-refractivity contribution in [3.8, 4) is 0 Å². The van der Waals surface area contributed by atoms with Crippen molar-refractivity contribution in [1.29, 1.82) is 0 Å². The predicted octanol–water partition coefficient (Wildman–Crippen LogP) is 3.63. The first-order valence-electron chi connectivity index (χ1n) is 5.57. The van der Waals surface area contributed by atoms with E-state index in [0.717, 1.165) is 10.9 Å². The first-order chi connectivity index (χ1) is 7.13. The summed E-state index contributed by atoms with van der Waals surface area (Å²) in [5, 5.41) is 4.30. The van der Waals surface area contributed by atoms with Crippen molar-refractivity contribution < 1.29 is 0 Å². The molecule has 0 aromatic heterocycles. The van der Waals surface area contributed by atoms with Crippen LogP contribution in [-0.4, -0.2) is 7.05 Å². The Balaban J connectivity index is 2.37. The highest BCUT2D eigenvalue weighted by Gasteiger charge is 2.32. The van der Waals surface area contributed by atoms with Gasteiger partial charge in [0, 0.05) is 11.1 Å². The van der Waals surface area contributed by atoms with Crippen LogP contribution >= 0.6 is 11.6 Å². The zero-order valence-corrected chi connectivity index (χ0v) is 10.4. The zero-order valence-electron chi connectivity index (χ0n) is 9.60. The lowest BCUT2D eigenvalue weighted by atomic mass is 9.96. The highest BCUT2D eigenvalue weighted by Crippen LogP contribution is 2.42. The van der Waals surface area contributed by atoms with Gasteiger partial charge in [-0.05, 0) is 62.4 Å². The lowest BCUT2D eigenvalue weighted by molar-refractivity contribution is 0.526. The Bertz CT molecular complexity index is 369. The Labute approximate surface area is 96.8 Å². The number of nitrogens with one attached hydrogen (secondary N) is 1. The standard InChI is InChI=1S/C13H18ClN/c1-8-7-12(14)9(2)6-11(8)13(15-3)10-4-5-10/h6-7,10,13,15H,4-5H2,1-3H3. The summed E-state index contributed by atoms with van der Waals surface area (Å²) in [4.78, 5) is 0. The van der Waals surface area contributed by atoms with Crippen molar-refractivity contribution in [2.45, 2.75) is 32.7 Å². The van der Waals surface area contributed by atoms with Gasteiger partial charge in [0.1, 0.15) is 0 Å². The third-order valence-corrected chi connectivity index (χ3v) is 3.69. The molecule has 2 heteroatoms. The van der Waals surface area contributed by atoms with E-state index in [-0.39, 0.29) is 0 Å². The molecule has 1 aliphatic rings. The van der Waals surface area contributed by atoms with Crippen LogP contribution in [0, 0.1) is 19.8 Å². The molecule has 0 aliphatic heterocycles. The second kappa shape index (κ2) is 4.15. The Hall–Kier alpha value is -0.530. The fraction of sp³-hybridized carbons (Fsp3) is 0.538. The van der Waals surface area contributed by atoms with E-state index in [2.05, 4.69) is 31.3 Å². The van der Waals surface area contributed by atoms with Crippen LogP contribution in [0.2, 0.25) is 5.02 Å². The topological polar surface area (TPSA) is 12.0 Å². The van der Waals surface area contributed by atoms with Gasteiger partial charge in [0.25, 0.3) is 0 Å². The summed E-state index contributed by atoms with van der Waals surface area (Å²) in [5.41, 5.74) is 3.90. The number of hydrogen-bond acceptors (Lipinski definition) is 1. The van der Waals surface area contributed by atoms with Crippen molar-refractivity contribution in [1.82, 2.24) is 5.32 Å². The zero-order chi connectivity index (χ0) is 11.0. The maximum atomic E-state index is 6.11. The van der Waals surface area contributed by atoms with Crippen LogP contribution in [0.1, 0.15) is 35.6 Å². The molecule has 1 atom stereocenters. The summed E-state index contributed by atoms with van der Waals surface area (Å²) >= 11 is 6.11. The Kier molecular flexibility index (Phi) is 3.03. The third kappa shape index (κ3) is 2.19. The summed E-state index contributed by atoms with van der Waals surface area (Å²) in [6.07, 6.45) is 2.71. The van der Waals surface area contributed by atoms with Crippen molar-refractivity contribution in [2.24, 2.45) is 5.92 Å². The average Bonchev–Trinajstić information content (AvgIpc) is 2.99. The molecule has 0 radical (unpaired) electrons. The van der Waals surface area contributed by atoms with Crippen molar-refractivity contribution in [3.05, 3.63) is 33.8 Å². The van der Waals surface area contributed by atoms with Crippen molar-refractivity contribution in [3.63, 3.8) is 0 Å². The summed E-state index contributed by atoms with van der Waals surface area (Å²) in [5.74, 6) is 0.828. The van der Waals surface area contributed by atoms with E-state index in [1.807, 2.05) is 7.05 Å². The van der Waals surface area contributed by atoms with E-state index in [1.165, 1.54) is 29.5 Å². The maximum absolute atomic E-state index is 6.11. The van der Waals surface area contributed by atoms with Crippen LogP contribution in [0.3, 0.4) is 0 Å². The van der Waals surface area contributed by atoms with E-state index in [1.54, 1.807) is 0 Å². The summed E-state index contributed by atoms with van der Waals surface area (Å²) in [7, 11) is 2.05. The van der Waals surface area contributed by atoms with Gasteiger partial charge in [0.2, 0.25) is 0 Å². The minimum absolute atomic E-state index is 0.515. The molecule has 82 valence electrons. The van der Waals surface area contributed by atoms with Gasteiger partial charge in [-0.25, -0.2) is 0 Å². The van der Waals surface area contributed by atoms with Gasteiger partial charge in [0.15, 0.2) is 0 Å². The van der Waals surface area contributed by atoms with E-state index in [4.69, 9.17) is 11.6 Å².